The zero-order chi connectivity index (χ0) is 25.6. The highest BCUT2D eigenvalue weighted by Gasteiger charge is 2.36. The zero-order valence-corrected chi connectivity index (χ0v) is 21.2. The number of anilines is 1. The molecule has 1 unspecified atom stereocenters. The van der Waals surface area contributed by atoms with Gasteiger partial charge in [-0.25, -0.2) is 9.97 Å². The molecular weight excluding hydrogens is 444 g/mol. The third-order valence-corrected chi connectivity index (χ3v) is 6.18. The van der Waals surface area contributed by atoms with E-state index in [-0.39, 0.29) is 11.5 Å². The number of morpholine rings is 1. The van der Waals surface area contributed by atoms with Crippen LogP contribution in [0.5, 0.6) is 5.75 Å². The van der Waals surface area contributed by atoms with Crippen LogP contribution in [0.2, 0.25) is 0 Å². The van der Waals surface area contributed by atoms with Gasteiger partial charge in [-0.15, -0.1) is 0 Å². The molecule has 188 valence electrons. The number of nitrogens with one attached hydrogen (secondary N) is 1. The molecule has 1 aliphatic carbocycles. The highest BCUT2D eigenvalue weighted by Crippen LogP contribution is 2.42. The van der Waals surface area contributed by atoms with E-state index in [1.165, 1.54) is 12.8 Å². The molecule has 2 aliphatic heterocycles. The van der Waals surface area contributed by atoms with Gasteiger partial charge in [0.25, 0.3) is 0 Å². The largest absolute Gasteiger partial charge is 0.486 e. The van der Waals surface area contributed by atoms with E-state index in [4.69, 9.17) is 29.0 Å². The lowest BCUT2D eigenvalue weighted by Crippen LogP contribution is -2.52. The van der Waals surface area contributed by atoms with Gasteiger partial charge in [0.05, 0.1) is 24.9 Å². The number of ether oxygens (including phenoxy) is 2. The molecule has 6 rings (SSSR count). The van der Waals surface area contributed by atoms with Crippen LogP contribution in [0.1, 0.15) is 46.2 Å². The highest BCUT2D eigenvalue weighted by molar-refractivity contribution is 5.93. The van der Waals surface area contributed by atoms with Crippen molar-refractivity contribution in [2.24, 2.45) is 5.92 Å². The molecule has 1 N–H and O–H groups in total. The number of hydrogen-bond acceptors (Lipinski definition) is 7. The first-order valence-corrected chi connectivity index (χ1v) is 12.0. The van der Waals surface area contributed by atoms with Gasteiger partial charge in [0, 0.05) is 34.6 Å². The second-order valence-corrected chi connectivity index (χ2v) is 9.96. The first-order valence-electron chi connectivity index (χ1n) is 12.0. The van der Waals surface area contributed by atoms with Crippen molar-refractivity contribution < 1.29 is 19.1 Å². The van der Waals surface area contributed by atoms with Gasteiger partial charge in [0.1, 0.15) is 20.2 Å². The van der Waals surface area contributed by atoms with Crippen LogP contribution in [0.3, 0.4) is 0 Å². The Labute approximate surface area is 207 Å². The number of carbonyl (C=O) groups excluding carboxylic acids is 2. The van der Waals surface area contributed by atoms with Crippen LogP contribution in [0, 0.1) is 5.92 Å². The fourth-order valence-electron chi connectivity index (χ4n) is 4.09. The number of rotatable bonds is 1. The quantitative estimate of drug-likeness (QED) is 0.545. The van der Waals surface area contributed by atoms with Gasteiger partial charge in [0.2, 0.25) is 0 Å². The molecule has 1 aromatic carbocycles. The highest BCUT2D eigenvalue weighted by atomic mass is 16.5. The summed E-state index contributed by atoms with van der Waals surface area (Å²) in [5, 5.41) is 1.13. The Morgan fingerprint density at radius 3 is 2.43 bits per heavy atom. The molecule has 3 aliphatic rings. The fourth-order valence-corrected chi connectivity index (χ4v) is 4.09. The van der Waals surface area contributed by atoms with E-state index >= 15 is 0 Å². The first kappa shape index (κ1) is 26.3. The number of aromatic nitrogens is 3. The molecule has 3 aromatic rings. The summed E-state index contributed by atoms with van der Waals surface area (Å²) in [7, 11) is 0. The minimum atomic E-state index is -0.146. The Morgan fingerprint density at radius 1 is 1.06 bits per heavy atom. The molecule has 0 amide bonds. The summed E-state index contributed by atoms with van der Waals surface area (Å²) >= 11 is 0. The Kier molecular flexibility index (Phi) is 8.62. The molecule has 4 heterocycles. The summed E-state index contributed by atoms with van der Waals surface area (Å²) in [5.74, 6) is 3.56. The van der Waals surface area contributed by atoms with Gasteiger partial charge in [-0.3, -0.25) is 0 Å². The van der Waals surface area contributed by atoms with Crippen molar-refractivity contribution in [3.05, 3.63) is 36.2 Å². The average molecular weight is 481 g/mol. The van der Waals surface area contributed by atoms with Crippen molar-refractivity contribution in [1.82, 2.24) is 15.0 Å². The third kappa shape index (κ3) is 5.88. The third-order valence-electron chi connectivity index (χ3n) is 6.18. The maximum Gasteiger partial charge on any atom is 0.184 e. The molecule has 0 bridgehead atoms. The summed E-state index contributed by atoms with van der Waals surface area (Å²) < 4.78 is 11.8. The van der Waals surface area contributed by atoms with Crippen LogP contribution < -0.4 is 9.64 Å². The maximum absolute atomic E-state index is 8.00. The molecule has 8 heteroatoms. The molecular formula is C27H36N4O4. The van der Waals surface area contributed by atoms with Gasteiger partial charge in [0.15, 0.2) is 17.4 Å². The van der Waals surface area contributed by atoms with Crippen LogP contribution in [-0.4, -0.2) is 60.9 Å². The Morgan fingerprint density at radius 2 is 1.77 bits per heavy atom. The van der Waals surface area contributed by atoms with E-state index in [0.717, 1.165) is 52.0 Å². The molecule has 1 saturated carbocycles. The van der Waals surface area contributed by atoms with E-state index in [1.54, 1.807) is 0 Å². The molecule has 35 heavy (non-hydrogen) atoms. The smallest absolute Gasteiger partial charge is 0.184 e. The second kappa shape index (κ2) is 11.4. The lowest BCUT2D eigenvalue weighted by atomic mass is 9.90. The van der Waals surface area contributed by atoms with Crippen LogP contribution in [0.25, 0.3) is 22.3 Å². The summed E-state index contributed by atoms with van der Waals surface area (Å²) in [6, 6.07) is 8.50. The normalized spacial score (nSPS) is 18.3. The van der Waals surface area contributed by atoms with Crippen LogP contribution in [0.15, 0.2) is 30.5 Å². The van der Waals surface area contributed by atoms with Crippen molar-refractivity contribution in [1.29, 1.82) is 0 Å². The van der Waals surface area contributed by atoms with E-state index in [9.17, 15) is 0 Å². The average Bonchev–Trinajstić information content (AvgIpc) is 3.52. The molecule has 0 spiro atoms. The van der Waals surface area contributed by atoms with E-state index in [1.807, 2.05) is 25.8 Å². The van der Waals surface area contributed by atoms with Gasteiger partial charge in [-0.1, -0.05) is 52.7 Å². The number of nitrogens with zero attached hydrogens (tertiary/aromatic N) is 3. The summed E-state index contributed by atoms with van der Waals surface area (Å²) in [6.45, 7) is 15.6. The minimum Gasteiger partial charge on any atom is -0.486 e. The van der Waals surface area contributed by atoms with Crippen molar-refractivity contribution in [3.63, 3.8) is 0 Å². The van der Waals surface area contributed by atoms with Crippen LogP contribution in [-0.2, 0) is 19.7 Å². The Balaban J connectivity index is 0.000000376. The van der Waals surface area contributed by atoms with E-state index < -0.39 is 0 Å². The molecule has 2 aromatic heterocycles. The second-order valence-electron chi connectivity index (χ2n) is 9.96. The van der Waals surface area contributed by atoms with E-state index in [2.05, 4.69) is 55.8 Å². The number of fused-ring (bicyclic) bond motifs is 4. The predicted molar refractivity (Wildman–Crippen MR) is 138 cm³/mol. The lowest BCUT2D eigenvalue weighted by molar-refractivity contribution is -0.0987. The fraction of sp³-hybridized carbons (Fsp3) is 0.481. The zero-order valence-electron chi connectivity index (χ0n) is 21.2. The summed E-state index contributed by atoms with van der Waals surface area (Å²) in [6.07, 6.45) is 4.93. The maximum atomic E-state index is 8.00. The van der Waals surface area contributed by atoms with Gasteiger partial charge < -0.3 is 28.9 Å². The number of carbonyl (C=O) groups is 2. The predicted octanol–water partition coefficient (Wildman–Crippen LogP) is 4.57. The first-order chi connectivity index (χ1) is 16.9. The standard InChI is InChI=1S/C21H24N4O2.C4H8.2CH2O/c1-21(2,3)18-17-20(25-9-10-26-11-13(25)12-27-17)24-19(23-18)15-5-4-6-16-14(15)7-8-22-16;1-4-2-3-4;2*1-2/h4-8,13,22H,9-12H2,1-3H3;4H,2-3H2,1H3;2*1H2. The lowest BCUT2D eigenvalue weighted by Gasteiger charge is -2.41. The Bertz CT molecular complexity index is 1120. The molecule has 2 fully saturated rings. The Hall–Kier alpha value is -3.26. The topological polar surface area (TPSA) is 97.4 Å². The minimum absolute atomic E-state index is 0.146. The molecule has 0 radical (unpaired) electrons. The van der Waals surface area contributed by atoms with Crippen molar-refractivity contribution in [3.8, 4) is 17.1 Å². The number of hydrogen-bond donors (Lipinski definition) is 1. The van der Waals surface area contributed by atoms with Gasteiger partial charge in [-0.2, -0.15) is 0 Å². The van der Waals surface area contributed by atoms with Gasteiger partial charge in [-0.05, 0) is 18.1 Å². The van der Waals surface area contributed by atoms with Crippen molar-refractivity contribution in [2.45, 2.75) is 52.0 Å². The van der Waals surface area contributed by atoms with Crippen molar-refractivity contribution in [2.75, 3.05) is 31.3 Å². The number of aromatic amines is 1. The number of benzene rings is 1. The molecule has 1 atom stereocenters. The van der Waals surface area contributed by atoms with E-state index in [0.29, 0.717) is 19.8 Å². The molecule has 8 nitrogen and oxygen atoms in total. The van der Waals surface area contributed by atoms with Crippen LogP contribution >= 0.6 is 0 Å². The monoisotopic (exact) mass is 480 g/mol. The summed E-state index contributed by atoms with van der Waals surface area (Å²) in [5.41, 5.74) is 2.94. The van der Waals surface area contributed by atoms with Gasteiger partial charge >= 0.3 is 0 Å². The summed E-state index contributed by atoms with van der Waals surface area (Å²) in [4.78, 5) is 31.6. The SMILES string of the molecule is C=O.C=O.CC(C)(C)c1nc(-c2cccc3[nH]ccc23)nc2c1OCC1COCCN21.CC1CC1. The van der Waals surface area contributed by atoms with Crippen molar-refractivity contribution >= 4 is 30.3 Å². The van der Waals surface area contributed by atoms with Crippen LogP contribution in [0.4, 0.5) is 5.82 Å². The number of H-pyrrole nitrogens is 1. The molecule has 1 saturated heterocycles.